The van der Waals surface area contributed by atoms with Crippen molar-refractivity contribution in [3.63, 3.8) is 0 Å². The van der Waals surface area contributed by atoms with Crippen molar-refractivity contribution in [2.75, 3.05) is 49.5 Å². The average Bonchev–Trinajstić information content (AvgIpc) is 3.25. The highest BCUT2D eigenvalue weighted by Gasteiger charge is 2.17. The number of halogens is 1. The minimum Gasteiger partial charge on any atom is -0.369 e. The predicted molar refractivity (Wildman–Crippen MR) is 123 cm³/mol. The van der Waals surface area contributed by atoms with E-state index in [4.69, 9.17) is 0 Å². The molecule has 0 atom stereocenters. The molecule has 1 saturated heterocycles. The summed E-state index contributed by atoms with van der Waals surface area (Å²) in [6.45, 7) is 5.11. The predicted octanol–water partition coefficient (Wildman–Crippen LogP) is 2.48. The summed E-state index contributed by atoms with van der Waals surface area (Å²) in [5.74, 6) is 0.222. The van der Waals surface area contributed by atoms with Crippen molar-refractivity contribution in [1.29, 1.82) is 0 Å². The maximum atomic E-state index is 13.1. The highest BCUT2D eigenvalue weighted by Crippen LogP contribution is 2.17. The minimum absolute atomic E-state index is 0.213. The monoisotopic (exact) mass is 433 g/mol. The molecule has 0 saturated carbocycles. The minimum atomic E-state index is -0.215. The summed E-state index contributed by atoms with van der Waals surface area (Å²) in [7, 11) is 0. The first-order valence-electron chi connectivity index (χ1n) is 10.7. The maximum Gasteiger partial charge on any atom is 0.263 e. The van der Waals surface area contributed by atoms with Crippen LogP contribution in [0.25, 0.3) is 16.7 Å². The van der Waals surface area contributed by atoms with Crippen molar-refractivity contribution in [1.82, 2.24) is 24.6 Å². The van der Waals surface area contributed by atoms with Crippen molar-refractivity contribution in [2.45, 2.75) is 0 Å². The number of aromatic nitrogens is 4. The number of nitrogens with zero attached hydrogens (tertiary/aromatic N) is 5. The summed E-state index contributed by atoms with van der Waals surface area (Å²) >= 11 is 0. The van der Waals surface area contributed by atoms with Gasteiger partial charge >= 0.3 is 0 Å². The quantitative estimate of drug-likeness (QED) is 0.486. The van der Waals surface area contributed by atoms with Gasteiger partial charge in [0, 0.05) is 45.0 Å². The number of H-pyrrole nitrogens is 1. The molecule has 0 unspecified atom stereocenters. The van der Waals surface area contributed by atoms with E-state index in [1.165, 1.54) is 12.1 Å². The Morgan fingerprint density at radius 3 is 2.47 bits per heavy atom. The molecule has 0 amide bonds. The molecule has 9 heteroatoms. The van der Waals surface area contributed by atoms with Gasteiger partial charge in [0.15, 0.2) is 5.65 Å². The van der Waals surface area contributed by atoms with Gasteiger partial charge in [-0.15, -0.1) is 0 Å². The van der Waals surface area contributed by atoms with E-state index in [0.717, 1.165) is 44.1 Å². The zero-order valence-electron chi connectivity index (χ0n) is 17.5. The molecule has 1 aliphatic heterocycles. The summed E-state index contributed by atoms with van der Waals surface area (Å²) in [6, 6.07) is 16.3. The van der Waals surface area contributed by atoms with Crippen molar-refractivity contribution < 1.29 is 4.39 Å². The zero-order valence-corrected chi connectivity index (χ0v) is 17.5. The Balaban J connectivity index is 1.20. The lowest BCUT2D eigenvalue weighted by Crippen LogP contribution is -2.47. The SMILES string of the molecule is O=c1[nH]c(NCCN2CCN(c3ccc(F)cc3)CC2)nc2c1cnn2-c1ccccc1. The van der Waals surface area contributed by atoms with Crippen LogP contribution in [0.2, 0.25) is 0 Å². The molecule has 3 heterocycles. The third-order valence-electron chi connectivity index (χ3n) is 5.72. The van der Waals surface area contributed by atoms with Gasteiger partial charge in [-0.25, -0.2) is 9.07 Å². The van der Waals surface area contributed by atoms with E-state index >= 15 is 0 Å². The molecular weight excluding hydrogens is 409 g/mol. The first-order valence-corrected chi connectivity index (χ1v) is 10.7. The van der Waals surface area contributed by atoms with Gasteiger partial charge in [-0.05, 0) is 36.4 Å². The summed E-state index contributed by atoms with van der Waals surface area (Å²) in [5, 5.41) is 8.02. The van der Waals surface area contributed by atoms with Gasteiger partial charge in [-0.2, -0.15) is 10.1 Å². The van der Waals surface area contributed by atoms with E-state index in [9.17, 15) is 9.18 Å². The molecule has 0 aliphatic carbocycles. The van der Waals surface area contributed by atoms with Crippen LogP contribution >= 0.6 is 0 Å². The molecule has 2 aromatic heterocycles. The zero-order chi connectivity index (χ0) is 21.9. The number of rotatable bonds is 6. The van der Waals surface area contributed by atoms with Crippen LogP contribution in [0.1, 0.15) is 0 Å². The number of anilines is 2. The molecule has 32 heavy (non-hydrogen) atoms. The van der Waals surface area contributed by atoms with Crippen LogP contribution in [0.5, 0.6) is 0 Å². The van der Waals surface area contributed by atoms with E-state index < -0.39 is 0 Å². The van der Waals surface area contributed by atoms with Crippen LogP contribution in [0.4, 0.5) is 16.0 Å². The Hall–Kier alpha value is -3.72. The van der Waals surface area contributed by atoms with Gasteiger partial charge in [0.05, 0.1) is 11.9 Å². The molecule has 0 radical (unpaired) electrons. The lowest BCUT2D eigenvalue weighted by molar-refractivity contribution is 0.267. The number of para-hydroxylation sites is 1. The second-order valence-electron chi connectivity index (χ2n) is 7.78. The van der Waals surface area contributed by atoms with Crippen LogP contribution in [-0.4, -0.2) is 63.9 Å². The highest BCUT2D eigenvalue weighted by molar-refractivity contribution is 5.76. The molecule has 164 valence electrons. The molecule has 8 nitrogen and oxygen atoms in total. The first-order chi connectivity index (χ1) is 15.7. The number of benzene rings is 2. The number of fused-ring (bicyclic) bond motifs is 1. The van der Waals surface area contributed by atoms with Crippen LogP contribution in [0.15, 0.2) is 65.6 Å². The van der Waals surface area contributed by atoms with E-state index in [1.54, 1.807) is 10.9 Å². The van der Waals surface area contributed by atoms with Crippen molar-refractivity contribution in [3.8, 4) is 5.69 Å². The molecule has 1 fully saturated rings. The summed E-state index contributed by atoms with van der Waals surface area (Å²) in [4.78, 5) is 24.5. The van der Waals surface area contributed by atoms with Crippen LogP contribution in [0.3, 0.4) is 0 Å². The summed E-state index contributed by atoms with van der Waals surface area (Å²) in [6.07, 6.45) is 1.54. The Morgan fingerprint density at radius 2 is 1.72 bits per heavy atom. The normalized spacial score (nSPS) is 14.7. The third-order valence-corrected chi connectivity index (χ3v) is 5.72. The number of hydrogen-bond donors (Lipinski definition) is 2. The molecule has 0 spiro atoms. The van der Waals surface area contributed by atoms with Gasteiger partial charge in [-0.3, -0.25) is 14.7 Å². The van der Waals surface area contributed by atoms with E-state index in [0.29, 0.717) is 23.5 Å². The summed E-state index contributed by atoms with van der Waals surface area (Å²) < 4.78 is 14.8. The van der Waals surface area contributed by atoms with Crippen LogP contribution in [-0.2, 0) is 0 Å². The molecule has 0 bridgehead atoms. The fraction of sp³-hybridized carbons (Fsp3) is 0.261. The maximum absolute atomic E-state index is 13.1. The first kappa shape index (κ1) is 20.2. The van der Waals surface area contributed by atoms with Gasteiger partial charge in [0.25, 0.3) is 5.56 Å². The summed E-state index contributed by atoms with van der Waals surface area (Å²) in [5.41, 5.74) is 2.21. The Morgan fingerprint density at radius 1 is 0.969 bits per heavy atom. The Bertz CT molecular complexity index is 1250. The Labute approximate surface area is 184 Å². The smallest absolute Gasteiger partial charge is 0.263 e. The molecule has 2 N–H and O–H groups in total. The largest absolute Gasteiger partial charge is 0.369 e. The van der Waals surface area contributed by atoms with Gasteiger partial charge in [-0.1, -0.05) is 18.2 Å². The van der Waals surface area contributed by atoms with Crippen LogP contribution in [0, 0.1) is 5.82 Å². The van der Waals surface area contributed by atoms with Crippen molar-refractivity contribution in [2.24, 2.45) is 0 Å². The second kappa shape index (κ2) is 8.80. The lowest BCUT2D eigenvalue weighted by atomic mass is 10.2. The van der Waals surface area contributed by atoms with Crippen LogP contribution < -0.4 is 15.8 Å². The average molecular weight is 433 g/mol. The van der Waals surface area contributed by atoms with Crippen molar-refractivity contribution >= 4 is 22.7 Å². The fourth-order valence-electron chi connectivity index (χ4n) is 3.97. The van der Waals surface area contributed by atoms with E-state index in [1.807, 2.05) is 42.5 Å². The standard InChI is InChI=1S/C23H24FN7O/c24-17-6-8-18(9-7-17)30-14-12-29(13-15-30)11-10-25-23-27-21-20(22(32)28-23)16-26-31(21)19-4-2-1-3-5-19/h1-9,16H,10-15H2,(H2,25,27,28,32). The Kier molecular flexibility index (Phi) is 5.55. The van der Waals surface area contributed by atoms with E-state index in [-0.39, 0.29) is 11.4 Å². The molecular formula is C23H24FN7O. The third kappa shape index (κ3) is 4.19. The topological polar surface area (TPSA) is 82.1 Å². The number of aromatic amines is 1. The second-order valence-corrected chi connectivity index (χ2v) is 7.78. The number of hydrogen-bond acceptors (Lipinski definition) is 6. The highest BCUT2D eigenvalue weighted by atomic mass is 19.1. The molecule has 2 aromatic carbocycles. The fourth-order valence-corrected chi connectivity index (χ4v) is 3.97. The van der Waals surface area contributed by atoms with Crippen molar-refractivity contribution in [3.05, 3.63) is 77.0 Å². The molecule has 4 aromatic rings. The van der Waals surface area contributed by atoms with Gasteiger partial charge in [0.1, 0.15) is 11.2 Å². The number of piperazine rings is 1. The number of nitrogens with one attached hydrogen (secondary N) is 2. The van der Waals surface area contributed by atoms with Gasteiger partial charge < -0.3 is 10.2 Å². The molecule has 1 aliphatic rings. The molecule has 5 rings (SSSR count). The lowest BCUT2D eigenvalue weighted by Gasteiger charge is -2.36. The van der Waals surface area contributed by atoms with E-state index in [2.05, 4.69) is 30.2 Å². The van der Waals surface area contributed by atoms with Gasteiger partial charge in [0.2, 0.25) is 5.95 Å².